The summed E-state index contributed by atoms with van der Waals surface area (Å²) in [5.41, 5.74) is 8.91. The third-order valence-corrected chi connectivity index (χ3v) is 17.9. The highest BCUT2D eigenvalue weighted by atomic mass is 32.1. The van der Waals surface area contributed by atoms with Gasteiger partial charge in [-0.1, -0.05) is 170 Å². The Morgan fingerprint density at radius 1 is 0.456 bits per heavy atom. The Labute approximate surface area is 334 Å². The molecule has 12 rings (SSSR count). The van der Waals surface area contributed by atoms with Gasteiger partial charge in [0, 0.05) is 58.5 Å². The molecule has 8 aromatic carbocycles. The standard InChI is InChI=1S/C52H33N3SSi/c1-5-17-34(18-6-1)48-51-49(54-52(53-48)35-19-7-2-8-20-35)42-30-29-36(33-46(42)57(51,37-21-9-3-10-22-37)38-23-11-4-12-24-38)55-43-27-15-13-25-39(43)40-31-32-45-47(50(40)55)41-26-14-16-28-44(41)56-45/h1-33H. The maximum atomic E-state index is 5.58. The zero-order chi connectivity index (χ0) is 37.5. The van der Waals surface area contributed by atoms with Gasteiger partial charge in [-0.2, -0.15) is 0 Å². The van der Waals surface area contributed by atoms with Gasteiger partial charge in [-0.15, -0.1) is 11.3 Å². The Hall–Kier alpha value is -6.92. The Morgan fingerprint density at radius 2 is 1.05 bits per heavy atom. The summed E-state index contributed by atoms with van der Waals surface area (Å²) in [4.78, 5) is 11.1. The van der Waals surface area contributed by atoms with E-state index in [1.54, 1.807) is 0 Å². The first kappa shape index (κ1) is 32.3. The lowest BCUT2D eigenvalue weighted by atomic mass is 10.1. The van der Waals surface area contributed by atoms with E-state index in [9.17, 15) is 0 Å². The molecule has 57 heavy (non-hydrogen) atoms. The number of benzene rings is 8. The van der Waals surface area contributed by atoms with E-state index in [1.807, 2.05) is 11.3 Å². The predicted octanol–water partition coefficient (Wildman–Crippen LogP) is 10.6. The molecule has 0 amide bonds. The van der Waals surface area contributed by atoms with Crippen molar-refractivity contribution in [1.29, 1.82) is 0 Å². The van der Waals surface area contributed by atoms with Gasteiger partial charge in [0.15, 0.2) is 13.9 Å². The van der Waals surface area contributed by atoms with E-state index in [1.165, 1.54) is 68.3 Å². The molecule has 0 bridgehead atoms. The Kier molecular flexibility index (Phi) is 7.12. The van der Waals surface area contributed by atoms with E-state index >= 15 is 0 Å². The minimum Gasteiger partial charge on any atom is -0.309 e. The van der Waals surface area contributed by atoms with Gasteiger partial charge in [-0.3, -0.25) is 0 Å². The van der Waals surface area contributed by atoms with Crippen molar-refractivity contribution in [2.75, 3.05) is 0 Å². The first-order chi connectivity index (χ1) is 28.3. The Bertz CT molecular complexity index is 3300. The lowest BCUT2D eigenvalue weighted by Gasteiger charge is -2.32. The molecule has 0 atom stereocenters. The number of nitrogens with zero attached hydrogens (tertiary/aromatic N) is 3. The lowest BCUT2D eigenvalue weighted by molar-refractivity contribution is 1.19. The second-order valence-electron chi connectivity index (χ2n) is 14.8. The van der Waals surface area contributed by atoms with E-state index in [0.29, 0.717) is 0 Å². The molecule has 5 heteroatoms. The molecule has 0 spiro atoms. The molecule has 0 saturated carbocycles. The SMILES string of the molecule is c1ccc(-c2nc(-c3ccccc3)c3c(n2)-c2ccc(-n4c5ccccc5c5ccc6sc7ccccc7c6c54)cc2[Si]3(c2ccccc2)c2ccccc2)cc1. The summed E-state index contributed by atoms with van der Waals surface area (Å²) >= 11 is 1.87. The van der Waals surface area contributed by atoms with E-state index in [-0.39, 0.29) is 0 Å². The van der Waals surface area contributed by atoms with Crippen LogP contribution in [0.15, 0.2) is 200 Å². The minimum absolute atomic E-state index is 0.739. The topological polar surface area (TPSA) is 30.7 Å². The van der Waals surface area contributed by atoms with Crippen molar-refractivity contribution >= 4 is 82.1 Å². The van der Waals surface area contributed by atoms with Gasteiger partial charge in [-0.05, 0) is 45.9 Å². The largest absolute Gasteiger partial charge is 0.309 e. The van der Waals surface area contributed by atoms with Gasteiger partial charge in [0.25, 0.3) is 0 Å². The third-order valence-electron chi connectivity index (χ3n) is 11.9. The molecule has 3 aromatic heterocycles. The van der Waals surface area contributed by atoms with Crippen LogP contribution in [0.2, 0.25) is 0 Å². The number of para-hydroxylation sites is 1. The van der Waals surface area contributed by atoms with Gasteiger partial charge >= 0.3 is 0 Å². The summed E-state index contributed by atoms with van der Waals surface area (Å²) in [6, 6.07) is 73.1. The number of thiophene rings is 1. The molecule has 266 valence electrons. The van der Waals surface area contributed by atoms with Crippen molar-refractivity contribution in [1.82, 2.24) is 14.5 Å². The van der Waals surface area contributed by atoms with Crippen LogP contribution in [0.4, 0.5) is 0 Å². The minimum atomic E-state index is -3.08. The van der Waals surface area contributed by atoms with Crippen LogP contribution < -0.4 is 20.7 Å². The molecule has 0 N–H and O–H groups in total. The molecule has 0 radical (unpaired) electrons. The second kappa shape index (κ2) is 12.5. The quantitative estimate of drug-likeness (QED) is 0.164. The molecule has 1 aliphatic rings. The van der Waals surface area contributed by atoms with Crippen LogP contribution in [0.25, 0.3) is 81.6 Å². The maximum Gasteiger partial charge on any atom is 0.185 e. The van der Waals surface area contributed by atoms with Crippen molar-refractivity contribution in [3.8, 4) is 39.6 Å². The van der Waals surface area contributed by atoms with Crippen LogP contribution in [-0.4, -0.2) is 22.6 Å². The zero-order valence-electron chi connectivity index (χ0n) is 30.8. The fraction of sp³-hybridized carbons (Fsp3) is 0. The molecule has 0 saturated heterocycles. The zero-order valence-corrected chi connectivity index (χ0v) is 32.6. The molecule has 1 aliphatic heterocycles. The van der Waals surface area contributed by atoms with Crippen LogP contribution in [0.1, 0.15) is 0 Å². The smallest absolute Gasteiger partial charge is 0.185 e. The fourth-order valence-corrected chi connectivity index (χ4v) is 15.9. The highest BCUT2D eigenvalue weighted by Gasteiger charge is 2.52. The molecule has 4 heterocycles. The molecule has 0 unspecified atom stereocenters. The summed E-state index contributed by atoms with van der Waals surface area (Å²) in [5, 5.41) is 10.3. The molecular formula is C52H33N3SSi. The summed E-state index contributed by atoms with van der Waals surface area (Å²) in [6.45, 7) is 0. The average molecular weight is 760 g/mol. The van der Waals surface area contributed by atoms with Crippen LogP contribution in [-0.2, 0) is 0 Å². The van der Waals surface area contributed by atoms with Crippen molar-refractivity contribution in [3.63, 3.8) is 0 Å². The van der Waals surface area contributed by atoms with E-state index in [2.05, 4.69) is 205 Å². The molecule has 11 aromatic rings. The maximum absolute atomic E-state index is 5.58. The van der Waals surface area contributed by atoms with Crippen molar-refractivity contribution in [2.45, 2.75) is 0 Å². The number of hydrogen-bond donors (Lipinski definition) is 0. The van der Waals surface area contributed by atoms with E-state index < -0.39 is 8.07 Å². The summed E-state index contributed by atoms with van der Waals surface area (Å²) in [7, 11) is -3.08. The Balaban J connectivity index is 1.25. The summed E-state index contributed by atoms with van der Waals surface area (Å²) in [5.74, 6) is 0.739. The Morgan fingerprint density at radius 3 is 1.77 bits per heavy atom. The van der Waals surface area contributed by atoms with Gasteiger partial charge < -0.3 is 4.57 Å². The lowest BCUT2D eigenvalue weighted by Crippen LogP contribution is -2.73. The van der Waals surface area contributed by atoms with Gasteiger partial charge in [0.1, 0.15) is 0 Å². The normalized spacial score (nSPS) is 13.1. The van der Waals surface area contributed by atoms with E-state index in [4.69, 9.17) is 9.97 Å². The second-order valence-corrected chi connectivity index (χ2v) is 19.6. The predicted molar refractivity (Wildman–Crippen MR) is 243 cm³/mol. The van der Waals surface area contributed by atoms with Gasteiger partial charge in [0.05, 0.1) is 22.4 Å². The van der Waals surface area contributed by atoms with Crippen LogP contribution in [0.5, 0.6) is 0 Å². The number of aromatic nitrogens is 3. The van der Waals surface area contributed by atoms with E-state index in [0.717, 1.165) is 34.0 Å². The highest BCUT2D eigenvalue weighted by Crippen LogP contribution is 2.43. The highest BCUT2D eigenvalue weighted by molar-refractivity contribution is 7.26. The monoisotopic (exact) mass is 759 g/mol. The van der Waals surface area contributed by atoms with Gasteiger partial charge in [0.2, 0.25) is 0 Å². The average Bonchev–Trinajstić information content (AvgIpc) is 3.93. The molecule has 0 fully saturated rings. The molecule has 0 aliphatic carbocycles. The first-order valence-electron chi connectivity index (χ1n) is 19.4. The first-order valence-corrected chi connectivity index (χ1v) is 22.2. The third kappa shape index (κ3) is 4.64. The van der Waals surface area contributed by atoms with Crippen LogP contribution in [0, 0.1) is 0 Å². The van der Waals surface area contributed by atoms with Crippen molar-refractivity contribution in [2.24, 2.45) is 0 Å². The summed E-state index contributed by atoms with van der Waals surface area (Å²) < 4.78 is 5.14. The number of rotatable bonds is 5. The number of hydrogen-bond acceptors (Lipinski definition) is 3. The van der Waals surface area contributed by atoms with Crippen LogP contribution >= 0.6 is 11.3 Å². The van der Waals surface area contributed by atoms with Gasteiger partial charge in [-0.25, -0.2) is 9.97 Å². The van der Waals surface area contributed by atoms with Crippen molar-refractivity contribution in [3.05, 3.63) is 200 Å². The molecule has 3 nitrogen and oxygen atoms in total. The van der Waals surface area contributed by atoms with Crippen molar-refractivity contribution < 1.29 is 0 Å². The number of fused-ring (bicyclic) bond motifs is 10. The fourth-order valence-electron chi connectivity index (χ4n) is 9.53. The van der Waals surface area contributed by atoms with Crippen LogP contribution in [0.3, 0.4) is 0 Å². The molecular weight excluding hydrogens is 727 g/mol. The summed E-state index contributed by atoms with van der Waals surface area (Å²) in [6.07, 6.45) is 0.